The molecule has 9 nitrogen and oxygen atoms in total. The number of benzene rings is 1. The molecule has 0 amide bonds. The number of ether oxygens (including phenoxy) is 1. The van der Waals surface area contributed by atoms with E-state index in [1.807, 2.05) is 13.8 Å². The Kier molecular flexibility index (Phi) is 7.59. The zero-order valence-corrected chi connectivity index (χ0v) is 22.8. The van der Waals surface area contributed by atoms with Gasteiger partial charge in [-0.25, -0.2) is 23.5 Å². The Morgan fingerprint density at radius 1 is 1.12 bits per heavy atom. The Balaban J connectivity index is 1.75. The van der Waals surface area contributed by atoms with Gasteiger partial charge in [0.25, 0.3) is 11.5 Å². The standard InChI is InChI=1S/C29H33F2N5O4/c1-18(2)36-25-23(27(38)34(28(36)39)14-5-15-37)35(16-19-9-11-21(12-10-19)29(3,30)31)24(33-25)22-6-4-13-32-26(22)40-17-20-7-8-20/h4,6,9-13,18,20,37H,5,7-8,14-17H2,1-3H3. The second-order valence-corrected chi connectivity index (χ2v) is 10.7. The monoisotopic (exact) mass is 553 g/mol. The summed E-state index contributed by atoms with van der Waals surface area (Å²) in [5, 5.41) is 9.39. The molecule has 0 spiro atoms. The predicted octanol–water partition coefficient (Wildman–Crippen LogP) is 4.33. The highest BCUT2D eigenvalue weighted by Crippen LogP contribution is 2.34. The van der Waals surface area contributed by atoms with Crippen LogP contribution in [0.5, 0.6) is 5.88 Å². The summed E-state index contributed by atoms with van der Waals surface area (Å²) in [5.74, 6) is -1.76. The van der Waals surface area contributed by atoms with Crippen molar-refractivity contribution < 1.29 is 18.6 Å². The molecule has 5 rings (SSSR count). The van der Waals surface area contributed by atoms with Gasteiger partial charge in [-0.05, 0) is 56.7 Å². The minimum Gasteiger partial charge on any atom is -0.477 e. The first-order valence-electron chi connectivity index (χ1n) is 13.5. The third kappa shape index (κ3) is 5.42. The average Bonchev–Trinajstić information content (AvgIpc) is 3.67. The second-order valence-electron chi connectivity index (χ2n) is 10.7. The van der Waals surface area contributed by atoms with Crippen LogP contribution >= 0.6 is 0 Å². The third-order valence-corrected chi connectivity index (χ3v) is 7.08. The van der Waals surface area contributed by atoms with Gasteiger partial charge in [0.15, 0.2) is 11.2 Å². The molecular formula is C29H33F2N5O4. The number of nitrogens with zero attached hydrogens (tertiary/aromatic N) is 5. The minimum atomic E-state index is -2.98. The SMILES string of the molecule is CC(C)n1c(=O)n(CCCO)c(=O)c2c1nc(-c1cccnc1OCC1CC1)n2Cc1ccc(C(C)(F)F)cc1. The van der Waals surface area contributed by atoms with E-state index in [2.05, 4.69) is 4.98 Å². The molecular weight excluding hydrogens is 520 g/mol. The Labute approximate surface area is 229 Å². The van der Waals surface area contributed by atoms with Crippen molar-refractivity contribution in [3.8, 4) is 17.3 Å². The molecule has 212 valence electrons. The molecule has 0 radical (unpaired) electrons. The molecule has 3 aromatic heterocycles. The molecule has 0 saturated heterocycles. The molecule has 1 saturated carbocycles. The number of pyridine rings is 1. The number of aliphatic hydroxyl groups is 1. The summed E-state index contributed by atoms with van der Waals surface area (Å²) in [6, 6.07) is 9.15. The average molecular weight is 554 g/mol. The molecule has 11 heteroatoms. The number of alkyl halides is 2. The lowest BCUT2D eigenvalue weighted by Gasteiger charge is -2.16. The Hall–Kier alpha value is -3.86. The van der Waals surface area contributed by atoms with Gasteiger partial charge in [-0.15, -0.1) is 0 Å². The highest BCUT2D eigenvalue weighted by Gasteiger charge is 2.28. The fourth-order valence-corrected chi connectivity index (χ4v) is 4.75. The molecule has 40 heavy (non-hydrogen) atoms. The maximum absolute atomic E-state index is 13.9. The van der Waals surface area contributed by atoms with Gasteiger partial charge in [0, 0.05) is 44.4 Å². The number of halogens is 2. The topological polar surface area (TPSA) is 104 Å². The first kappa shape index (κ1) is 27.7. The van der Waals surface area contributed by atoms with E-state index in [0.29, 0.717) is 35.4 Å². The van der Waals surface area contributed by atoms with Crippen molar-refractivity contribution in [1.82, 2.24) is 23.7 Å². The van der Waals surface area contributed by atoms with Crippen LogP contribution in [0.1, 0.15) is 57.2 Å². The van der Waals surface area contributed by atoms with E-state index >= 15 is 0 Å². The smallest absolute Gasteiger partial charge is 0.332 e. The fraction of sp³-hybridized carbons (Fsp3) is 0.448. The van der Waals surface area contributed by atoms with Crippen LogP contribution in [0.25, 0.3) is 22.6 Å². The summed E-state index contributed by atoms with van der Waals surface area (Å²) in [7, 11) is 0. The van der Waals surface area contributed by atoms with Gasteiger partial charge >= 0.3 is 5.69 Å². The Morgan fingerprint density at radius 3 is 2.48 bits per heavy atom. The largest absolute Gasteiger partial charge is 0.477 e. The van der Waals surface area contributed by atoms with E-state index in [1.54, 1.807) is 35.0 Å². The van der Waals surface area contributed by atoms with Gasteiger partial charge in [-0.3, -0.25) is 13.9 Å². The van der Waals surface area contributed by atoms with Crippen molar-refractivity contribution in [2.45, 2.75) is 65.1 Å². The summed E-state index contributed by atoms with van der Waals surface area (Å²) in [4.78, 5) is 36.5. The molecule has 0 bridgehead atoms. The lowest BCUT2D eigenvalue weighted by Crippen LogP contribution is -2.41. The summed E-state index contributed by atoms with van der Waals surface area (Å²) in [6.45, 7) is 5.01. The summed E-state index contributed by atoms with van der Waals surface area (Å²) < 4.78 is 38.1. The molecule has 1 aliphatic rings. The van der Waals surface area contributed by atoms with Crippen LogP contribution in [0, 0.1) is 5.92 Å². The van der Waals surface area contributed by atoms with Crippen LogP contribution in [-0.4, -0.2) is 42.0 Å². The lowest BCUT2D eigenvalue weighted by atomic mass is 10.1. The van der Waals surface area contributed by atoms with Crippen molar-refractivity contribution in [3.05, 3.63) is 74.6 Å². The highest BCUT2D eigenvalue weighted by molar-refractivity contribution is 5.78. The lowest BCUT2D eigenvalue weighted by molar-refractivity contribution is 0.0174. The molecule has 1 N–H and O–H groups in total. The number of hydrogen-bond donors (Lipinski definition) is 1. The summed E-state index contributed by atoms with van der Waals surface area (Å²) in [6.07, 6.45) is 4.05. The van der Waals surface area contributed by atoms with Gasteiger partial charge in [0.2, 0.25) is 5.88 Å². The van der Waals surface area contributed by atoms with Gasteiger partial charge in [-0.2, -0.15) is 0 Å². The number of fused-ring (bicyclic) bond motifs is 1. The van der Waals surface area contributed by atoms with Crippen LogP contribution in [-0.2, 0) is 19.0 Å². The molecule has 1 fully saturated rings. The van der Waals surface area contributed by atoms with Crippen molar-refractivity contribution in [3.63, 3.8) is 0 Å². The van der Waals surface area contributed by atoms with Crippen molar-refractivity contribution >= 4 is 11.2 Å². The van der Waals surface area contributed by atoms with E-state index in [1.165, 1.54) is 16.7 Å². The summed E-state index contributed by atoms with van der Waals surface area (Å²) in [5.41, 5.74) is 0.474. The van der Waals surface area contributed by atoms with Crippen LogP contribution in [0.4, 0.5) is 8.78 Å². The van der Waals surface area contributed by atoms with Crippen LogP contribution in [0.15, 0.2) is 52.2 Å². The predicted molar refractivity (Wildman–Crippen MR) is 147 cm³/mol. The molecule has 1 aromatic carbocycles. The first-order chi connectivity index (χ1) is 19.1. The van der Waals surface area contributed by atoms with Crippen molar-refractivity contribution in [1.29, 1.82) is 0 Å². The quantitative estimate of drug-likeness (QED) is 0.297. The Bertz CT molecular complexity index is 1630. The van der Waals surface area contributed by atoms with Crippen LogP contribution in [0.2, 0.25) is 0 Å². The van der Waals surface area contributed by atoms with Gasteiger partial charge < -0.3 is 14.4 Å². The van der Waals surface area contributed by atoms with Crippen LogP contribution in [0.3, 0.4) is 0 Å². The highest BCUT2D eigenvalue weighted by atomic mass is 19.3. The fourth-order valence-electron chi connectivity index (χ4n) is 4.75. The molecule has 0 aliphatic heterocycles. The zero-order valence-electron chi connectivity index (χ0n) is 22.8. The normalized spacial score (nSPS) is 13.9. The maximum Gasteiger partial charge on any atom is 0.332 e. The van der Waals surface area contributed by atoms with E-state index in [4.69, 9.17) is 9.72 Å². The number of hydrogen-bond acceptors (Lipinski definition) is 6. The van der Waals surface area contributed by atoms with E-state index in [0.717, 1.165) is 24.3 Å². The number of aromatic nitrogens is 5. The van der Waals surface area contributed by atoms with E-state index in [9.17, 15) is 23.5 Å². The zero-order chi connectivity index (χ0) is 28.6. The molecule has 3 heterocycles. The van der Waals surface area contributed by atoms with E-state index in [-0.39, 0.29) is 48.9 Å². The van der Waals surface area contributed by atoms with Gasteiger partial charge in [0.05, 0.1) is 12.2 Å². The summed E-state index contributed by atoms with van der Waals surface area (Å²) >= 11 is 0. The van der Waals surface area contributed by atoms with Crippen LogP contribution < -0.4 is 16.0 Å². The minimum absolute atomic E-state index is 0.0419. The van der Waals surface area contributed by atoms with Gasteiger partial charge in [0.1, 0.15) is 5.82 Å². The third-order valence-electron chi connectivity index (χ3n) is 7.08. The number of rotatable bonds is 11. The molecule has 0 atom stereocenters. The molecule has 0 unspecified atom stereocenters. The second kappa shape index (κ2) is 11.0. The van der Waals surface area contributed by atoms with Crippen molar-refractivity contribution in [2.24, 2.45) is 5.92 Å². The number of imidazole rings is 1. The Morgan fingerprint density at radius 2 is 1.85 bits per heavy atom. The maximum atomic E-state index is 13.9. The van der Waals surface area contributed by atoms with Crippen molar-refractivity contribution in [2.75, 3.05) is 13.2 Å². The number of aliphatic hydroxyl groups excluding tert-OH is 1. The first-order valence-corrected chi connectivity index (χ1v) is 13.5. The molecule has 4 aromatic rings. The van der Waals surface area contributed by atoms with E-state index < -0.39 is 17.2 Å². The molecule has 1 aliphatic carbocycles. The van der Waals surface area contributed by atoms with Gasteiger partial charge in [-0.1, -0.05) is 24.3 Å².